The highest BCUT2D eigenvalue weighted by atomic mass is 28.3. The summed E-state index contributed by atoms with van der Waals surface area (Å²) in [6, 6.07) is 0. The van der Waals surface area contributed by atoms with E-state index >= 15 is 0 Å². The Morgan fingerprint density at radius 1 is 1.00 bits per heavy atom. The average Bonchev–Trinajstić information content (AvgIpc) is 2.39. The van der Waals surface area contributed by atoms with E-state index in [1.165, 1.54) is 38.5 Å². The highest BCUT2D eigenvalue weighted by molar-refractivity contribution is 6.81. The predicted molar refractivity (Wildman–Crippen MR) is 78.0 cm³/mol. The molecule has 2 heterocycles. The molecule has 2 saturated heterocycles. The fraction of sp³-hybridized carbons (Fsp3) is 1.00. The summed E-state index contributed by atoms with van der Waals surface area (Å²) in [5, 5.41) is 0. The van der Waals surface area contributed by atoms with Crippen molar-refractivity contribution in [3.63, 3.8) is 0 Å². The van der Waals surface area contributed by atoms with Crippen LogP contribution in [0.3, 0.4) is 0 Å². The molecule has 4 heteroatoms. The van der Waals surface area contributed by atoms with Crippen molar-refractivity contribution in [1.29, 1.82) is 0 Å². The maximum absolute atomic E-state index is 6.39. The van der Waals surface area contributed by atoms with Crippen LogP contribution in [0.1, 0.15) is 38.5 Å². The SMILES string of the molecule is C[SiH](C)C1([SiH](C)C2CCCCO2)CCCCO1. The maximum Gasteiger partial charge on any atom is 0.102 e. The largest absolute Gasteiger partial charge is 0.382 e. The molecule has 0 aromatic heterocycles. The Morgan fingerprint density at radius 3 is 2.29 bits per heavy atom. The van der Waals surface area contributed by atoms with Crippen LogP contribution in [0.25, 0.3) is 0 Å². The summed E-state index contributed by atoms with van der Waals surface area (Å²) in [5.41, 5.74) is 0.594. The van der Waals surface area contributed by atoms with Crippen LogP contribution in [0.4, 0.5) is 0 Å². The second-order valence-corrected chi connectivity index (χ2v) is 13.4. The van der Waals surface area contributed by atoms with E-state index in [1.807, 2.05) is 0 Å². The van der Waals surface area contributed by atoms with Gasteiger partial charge in [0.05, 0.1) is 8.80 Å². The first-order chi connectivity index (χ1) is 8.17. The van der Waals surface area contributed by atoms with Gasteiger partial charge in [-0.15, -0.1) is 0 Å². The van der Waals surface area contributed by atoms with Gasteiger partial charge in [0, 0.05) is 23.8 Å². The summed E-state index contributed by atoms with van der Waals surface area (Å²) in [5.74, 6) is 0. The standard InChI is InChI=1S/C13H28O2Si2/c1-16(2)13(9-5-7-11-15-13)17(3)12-8-4-6-10-14-12/h12,16-17H,4-11H2,1-3H3. The summed E-state index contributed by atoms with van der Waals surface area (Å²) in [6.45, 7) is 9.50. The van der Waals surface area contributed by atoms with Crippen LogP contribution in [-0.4, -0.2) is 41.4 Å². The van der Waals surface area contributed by atoms with Crippen LogP contribution >= 0.6 is 0 Å². The molecular formula is C13H28O2Si2. The third kappa shape index (κ3) is 2.85. The van der Waals surface area contributed by atoms with Gasteiger partial charge in [-0.05, 0) is 38.5 Å². The topological polar surface area (TPSA) is 18.5 Å². The van der Waals surface area contributed by atoms with Gasteiger partial charge in [-0.25, -0.2) is 0 Å². The van der Waals surface area contributed by atoms with Gasteiger partial charge in [0.2, 0.25) is 0 Å². The molecule has 3 unspecified atom stereocenters. The molecule has 0 spiro atoms. The van der Waals surface area contributed by atoms with Gasteiger partial charge in [0.1, 0.15) is 8.80 Å². The third-order valence-corrected chi connectivity index (χ3v) is 14.5. The van der Waals surface area contributed by atoms with Gasteiger partial charge in [-0.2, -0.15) is 0 Å². The zero-order chi connectivity index (χ0) is 12.3. The van der Waals surface area contributed by atoms with Gasteiger partial charge in [0.15, 0.2) is 0 Å². The number of ether oxygens (including phenoxy) is 2. The second kappa shape index (κ2) is 6.00. The molecule has 2 fully saturated rings. The Hall–Kier alpha value is 0.354. The molecule has 0 amide bonds. The first-order valence-corrected chi connectivity index (χ1v) is 12.7. The van der Waals surface area contributed by atoms with E-state index in [0.717, 1.165) is 13.2 Å². The molecule has 2 rings (SSSR count). The monoisotopic (exact) mass is 272 g/mol. The minimum Gasteiger partial charge on any atom is -0.382 e. The van der Waals surface area contributed by atoms with Crippen LogP contribution in [0.2, 0.25) is 19.6 Å². The summed E-state index contributed by atoms with van der Waals surface area (Å²) in [4.78, 5) is 0.347. The molecule has 0 aromatic rings. The van der Waals surface area contributed by atoms with E-state index in [4.69, 9.17) is 9.47 Å². The first kappa shape index (κ1) is 13.8. The highest BCUT2D eigenvalue weighted by Gasteiger charge is 2.46. The molecule has 2 nitrogen and oxygen atoms in total. The lowest BCUT2D eigenvalue weighted by atomic mass is 10.2. The minimum absolute atomic E-state index is 0.347. The Balaban J connectivity index is 2.08. The molecule has 0 N–H and O–H groups in total. The van der Waals surface area contributed by atoms with Crippen LogP contribution in [0.15, 0.2) is 0 Å². The van der Waals surface area contributed by atoms with Crippen molar-refractivity contribution >= 4 is 17.6 Å². The highest BCUT2D eigenvalue weighted by Crippen LogP contribution is 2.34. The molecule has 0 bridgehead atoms. The van der Waals surface area contributed by atoms with Crippen LogP contribution in [0.5, 0.6) is 0 Å². The molecule has 3 atom stereocenters. The van der Waals surface area contributed by atoms with Gasteiger partial charge < -0.3 is 9.47 Å². The van der Waals surface area contributed by atoms with Gasteiger partial charge in [0.25, 0.3) is 0 Å². The first-order valence-electron chi connectivity index (χ1n) is 7.42. The molecule has 2 aliphatic rings. The number of hydrogen-bond donors (Lipinski definition) is 0. The average molecular weight is 273 g/mol. The van der Waals surface area contributed by atoms with Crippen molar-refractivity contribution in [1.82, 2.24) is 0 Å². The third-order valence-electron chi connectivity index (χ3n) is 4.85. The zero-order valence-electron chi connectivity index (χ0n) is 11.7. The zero-order valence-corrected chi connectivity index (χ0v) is 14.0. The maximum atomic E-state index is 6.39. The van der Waals surface area contributed by atoms with Crippen molar-refractivity contribution in [3.05, 3.63) is 0 Å². The molecule has 0 aromatic carbocycles. The summed E-state index contributed by atoms with van der Waals surface area (Å²) < 4.78 is 12.5. The van der Waals surface area contributed by atoms with Gasteiger partial charge >= 0.3 is 0 Å². The second-order valence-electron chi connectivity index (χ2n) is 6.11. The van der Waals surface area contributed by atoms with Crippen molar-refractivity contribution in [2.24, 2.45) is 0 Å². The van der Waals surface area contributed by atoms with Crippen LogP contribution in [0, 0.1) is 0 Å². The number of hydrogen-bond acceptors (Lipinski definition) is 2. The van der Waals surface area contributed by atoms with E-state index in [2.05, 4.69) is 19.6 Å². The Labute approximate surface area is 109 Å². The molecule has 0 aliphatic carbocycles. The fourth-order valence-electron chi connectivity index (χ4n) is 3.65. The van der Waals surface area contributed by atoms with E-state index in [0.29, 0.717) is 10.6 Å². The molecular weight excluding hydrogens is 244 g/mol. The van der Waals surface area contributed by atoms with Crippen molar-refractivity contribution in [2.75, 3.05) is 13.2 Å². The minimum atomic E-state index is -0.941. The molecule has 100 valence electrons. The quantitative estimate of drug-likeness (QED) is 0.735. The summed E-state index contributed by atoms with van der Waals surface area (Å²) in [7, 11) is -1.70. The van der Waals surface area contributed by atoms with E-state index in [-0.39, 0.29) is 0 Å². The lowest BCUT2D eigenvalue weighted by molar-refractivity contribution is 0.0107. The summed E-state index contributed by atoms with van der Waals surface area (Å²) in [6.07, 6.45) is 7.94. The summed E-state index contributed by atoms with van der Waals surface area (Å²) >= 11 is 0. The Bertz CT molecular complexity index is 234. The Kier molecular flexibility index (Phi) is 4.86. The lowest BCUT2D eigenvalue weighted by Crippen LogP contribution is -2.62. The van der Waals surface area contributed by atoms with Crippen molar-refractivity contribution in [3.8, 4) is 0 Å². The number of rotatable bonds is 3. The van der Waals surface area contributed by atoms with Crippen molar-refractivity contribution in [2.45, 2.75) is 68.7 Å². The van der Waals surface area contributed by atoms with Gasteiger partial charge in [-0.1, -0.05) is 19.6 Å². The van der Waals surface area contributed by atoms with E-state index < -0.39 is 17.6 Å². The normalized spacial score (nSPS) is 37.1. The smallest absolute Gasteiger partial charge is 0.102 e. The lowest BCUT2D eigenvalue weighted by Gasteiger charge is -2.47. The Morgan fingerprint density at radius 2 is 1.76 bits per heavy atom. The molecule has 17 heavy (non-hydrogen) atoms. The predicted octanol–water partition coefficient (Wildman–Crippen LogP) is 2.46. The van der Waals surface area contributed by atoms with Crippen LogP contribution in [-0.2, 0) is 9.47 Å². The van der Waals surface area contributed by atoms with Crippen molar-refractivity contribution < 1.29 is 9.47 Å². The molecule has 2 aliphatic heterocycles. The molecule has 0 saturated carbocycles. The van der Waals surface area contributed by atoms with Crippen LogP contribution < -0.4 is 0 Å². The molecule has 0 radical (unpaired) electrons. The van der Waals surface area contributed by atoms with Gasteiger partial charge in [-0.3, -0.25) is 0 Å². The fourth-order valence-corrected chi connectivity index (χ4v) is 12.6. The van der Waals surface area contributed by atoms with E-state index in [1.54, 1.807) is 0 Å². The van der Waals surface area contributed by atoms with E-state index in [9.17, 15) is 0 Å².